The van der Waals surface area contributed by atoms with E-state index in [9.17, 15) is 9.59 Å². The zero-order valence-corrected chi connectivity index (χ0v) is 16.9. The Hall–Kier alpha value is -3.79. The molecule has 0 aromatic heterocycles. The van der Waals surface area contributed by atoms with E-state index in [0.29, 0.717) is 17.1 Å². The van der Waals surface area contributed by atoms with Gasteiger partial charge in [-0.25, -0.2) is 15.3 Å². The molecule has 30 heavy (non-hydrogen) atoms. The third-order valence-electron chi connectivity index (χ3n) is 3.71. The molecule has 2 amide bonds. The molecule has 10 heteroatoms. The van der Waals surface area contributed by atoms with Gasteiger partial charge in [-0.1, -0.05) is 0 Å². The molecule has 3 rings (SSSR count). The molecule has 0 unspecified atom stereocenters. The number of amides is 2. The molecule has 158 valence electrons. The summed E-state index contributed by atoms with van der Waals surface area (Å²) in [6.07, 6.45) is 1.06. The van der Waals surface area contributed by atoms with E-state index in [4.69, 9.17) is 9.47 Å². The molecular formula is C20H24N6O4. The fraction of sp³-hybridized carbons (Fsp3) is 0.250. The van der Waals surface area contributed by atoms with Gasteiger partial charge in [0.1, 0.15) is 17.7 Å². The van der Waals surface area contributed by atoms with Crippen molar-refractivity contribution in [3.05, 3.63) is 48.5 Å². The lowest BCUT2D eigenvalue weighted by Crippen LogP contribution is -2.37. The number of hydrogen-bond acceptors (Lipinski definition) is 8. The number of rotatable bonds is 6. The minimum absolute atomic E-state index is 0.137. The smallest absolute Gasteiger partial charge is 0.412 e. The Morgan fingerprint density at radius 3 is 2.20 bits per heavy atom. The normalized spacial score (nSPS) is 12.8. The summed E-state index contributed by atoms with van der Waals surface area (Å²) in [6, 6.07) is 13.9. The monoisotopic (exact) mass is 412 g/mol. The Morgan fingerprint density at radius 2 is 1.63 bits per heavy atom. The van der Waals surface area contributed by atoms with Crippen molar-refractivity contribution >= 4 is 35.4 Å². The number of carbonyl (C=O) groups is 2. The molecule has 10 nitrogen and oxygen atoms in total. The predicted molar refractivity (Wildman–Crippen MR) is 114 cm³/mol. The van der Waals surface area contributed by atoms with E-state index in [-0.39, 0.29) is 12.5 Å². The highest BCUT2D eigenvalue weighted by atomic mass is 16.6. The van der Waals surface area contributed by atoms with Crippen molar-refractivity contribution in [1.29, 1.82) is 0 Å². The summed E-state index contributed by atoms with van der Waals surface area (Å²) in [5.74, 6) is 0.263. The van der Waals surface area contributed by atoms with Gasteiger partial charge in [0, 0.05) is 11.4 Å². The first kappa shape index (κ1) is 20.9. The van der Waals surface area contributed by atoms with Crippen LogP contribution >= 0.6 is 0 Å². The van der Waals surface area contributed by atoms with Crippen molar-refractivity contribution in [1.82, 2.24) is 11.1 Å². The lowest BCUT2D eigenvalue weighted by Gasteiger charge is -2.19. The Balaban J connectivity index is 1.44. The Labute approximate surface area is 174 Å². The lowest BCUT2D eigenvalue weighted by molar-refractivity contribution is -0.118. The average molecular weight is 412 g/mol. The van der Waals surface area contributed by atoms with E-state index >= 15 is 0 Å². The molecule has 4 N–H and O–H groups in total. The second-order valence-electron chi connectivity index (χ2n) is 7.37. The maximum Gasteiger partial charge on any atom is 0.412 e. The standard InChI is InChI=1S/C20H24N6O4/c1-20(2,3)30-19(28)23-15-6-4-14(5-7-15)22-18(27)12-29-17-10-8-16(9-11-17)26-13-21-24-25-26/h4-11,13,24-25H,12H2,1-3H3,(H,22,27)(H,23,28). The van der Waals surface area contributed by atoms with Crippen molar-refractivity contribution < 1.29 is 19.1 Å². The maximum atomic E-state index is 12.1. The zero-order valence-electron chi connectivity index (χ0n) is 16.9. The van der Waals surface area contributed by atoms with E-state index in [1.165, 1.54) is 0 Å². The fourth-order valence-electron chi connectivity index (χ4n) is 2.44. The number of carbonyl (C=O) groups excluding carboxylic acids is 2. The Morgan fingerprint density at radius 1 is 1.00 bits per heavy atom. The molecule has 0 radical (unpaired) electrons. The van der Waals surface area contributed by atoms with Crippen LogP contribution < -0.4 is 31.4 Å². The number of hydrogen-bond donors (Lipinski definition) is 4. The Bertz CT molecular complexity index is 906. The van der Waals surface area contributed by atoms with E-state index in [0.717, 1.165) is 5.69 Å². The molecule has 2 aromatic rings. The molecule has 0 bridgehead atoms. The summed E-state index contributed by atoms with van der Waals surface area (Å²) in [7, 11) is 0. The molecule has 1 aliphatic rings. The van der Waals surface area contributed by atoms with Crippen molar-refractivity contribution in [3.8, 4) is 5.75 Å². The van der Waals surface area contributed by atoms with Crippen molar-refractivity contribution in [2.45, 2.75) is 26.4 Å². The molecule has 2 aromatic carbocycles. The van der Waals surface area contributed by atoms with Crippen LogP contribution in [-0.4, -0.2) is 30.5 Å². The lowest BCUT2D eigenvalue weighted by atomic mass is 10.2. The van der Waals surface area contributed by atoms with Gasteiger partial charge in [-0.15, -0.1) is 5.53 Å². The maximum absolute atomic E-state index is 12.1. The van der Waals surface area contributed by atoms with Gasteiger partial charge in [0.25, 0.3) is 5.91 Å². The number of nitrogens with one attached hydrogen (secondary N) is 4. The van der Waals surface area contributed by atoms with E-state index in [1.54, 1.807) is 68.5 Å². The second kappa shape index (κ2) is 9.14. The van der Waals surface area contributed by atoms with Gasteiger partial charge in [-0.2, -0.15) is 5.10 Å². The number of hydrazine groups is 2. The quantitative estimate of drug-likeness (QED) is 0.576. The van der Waals surface area contributed by atoms with Crippen LogP contribution in [0, 0.1) is 0 Å². The second-order valence-corrected chi connectivity index (χ2v) is 7.37. The third-order valence-corrected chi connectivity index (χ3v) is 3.71. The van der Waals surface area contributed by atoms with Crippen LogP contribution in [0.4, 0.5) is 21.9 Å². The SMILES string of the molecule is CC(C)(C)OC(=O)Nc1ccc(NC(=O)COc2ccc(N3C=NNN3)cc2)cc1. The first-order valence-electron chi connectivity index (χ1n) is 9.24. The fourth-order valence-corrected chi connectivity index (χ4v) is 2.44. The number of nitrogens with zero attached hydrogens (tertiary/aromatic N) is 2. The van der Waals surface area contributed by atoms with Gasteiger partial charge in [-0.3, -0.25) is 10.1 Å². The molecule has 1 heterocycles. The third kappa shape index (κ3) is 6.38. The van der Waals surface area contributed by atoms with Crippen LogP contribution in [-0.2, 0) is 9.53 Å². The van der Waals surface area contributed by atoms with Crippen molar-refractivity contribution in [3.63, 3.8) is 0 Å². The molecule has 0 saturated carbocycles. The molecule has 0 spiro atoms. The summed E-state index contributed by atoms with van der Waals surface area (Å²) in [4.78, 5) is 23.9. The molecule has 1 aliphatic heterocycles. The predicted octanol–water partition coefficient (Wildman–Crippen LogP) is 2.82. The van der Waals surface area contributed by atoms with Crippen LogP contribution in [0.5, 0.6) is 5.75 Å². The summed E-state index contributed by atoms with van der Waals surface area (Å²) in [6.45, 7) is 5.23. The minimum Gasteiger partial charge on any atom is -0.484 e. The van der Waals surface area contributed by atoms with Crippen molar-refractivity contribution in [2.24, 2.45) is 5.10 Å². The first-order chi connectivity index (χ1) is 14.3. The van der Waals surface area contributed by atoms with Gasteiger partial charge in [0.2, 0.25) is 0 Å². The number of ether oxygens (including phenoxy) is 2. The van der Waals surface area contributed by atoms with E-state index in [1.807, 2.05) is 12.1 Å². The molecular weight excluding hydrogens is 388 g/mol. The van der Waals surface area contributed by atoms with Crippen LogP contribution in [0.15, 0.2) is 53.6 Å². The highest BCUT2D eigenvalue weighted by Gasteiger charge is 2.16. The van der Waals surface area contributed by atoms with Crippen LogP contribution in [0.1, 0.15) is 20.8 Å². The average Bonchev–Trinajstić information content (AvgIpc) is 3.22. The summed E-state index contributed by atoms with van der Waals surface area (Å²) in [5, 5.41) is 10.9. The van der Waals surface area contributed by atoms with Crippen LogP contribution in [0.25, 0.3) is 0 Å². The first-order valence-corrected chi connectivity index (χ1v) is 9.24. The van der Waals surface area contributed by atoms with Gasteiger partial charge in [0.05, 0.1) is 5.69 Å². The summed E-state index contributed by atoms with van der Waals surface area (Å²) in [5.41, 5.74) is 6.86. The largest absolute Gasteiger partial charge is 0.484 e. The van der Waals surface area contributed by atoms with Gasteiger partial charge < -0.3 is 14.8 Å². The highest BCUT2D eigenvalue weighted by Crippen LogP contribution is 2.19. The summed E-state index contributed by atoms with van der Waals surface area (Å²) >= 11 is 0. The molecule has 0 fully saturated rings. The van der Waals surface area contributed by atoms with E-state index in [2.05, 4.69) is 26.8 Å². The number of benzene rings is 2. The molecule has 0 aliphatic carbocycles. The van der Waals surface area contributed by atoms with Gasteiger partial charge in [0.15, 0.2) is 6.61 Å². The zero-order chi connectivity index (χ0) is 21.6. The molecule has 0 saturated heterocycles. The Kier molecular flexibility index (Phi) is 6.38. The summed E-state index contributed by atoms with van der Waals surface area (Å²) < 4.78 is 10.7. The highest BCUT2D eigenvalue weighted by molar-refractivity contribution is 5.92. The van der Waals surface area contributed by atoms with E-state index < -0.39 is 11.7 Å². The topological polar surface area (TPSA) is 116 Å². The minimum atomic E-state index is -0.575. The van der Waals surface area contributed by atoms with Gasteiger partial charge >= 0.3 is 6.09 Å². The van der Waals surface area contributed by atoms with Gasteiger partial charge in [-0.05, 0) is 69.3 Å². The van der Waals surface area contributed by atoms with Crippen molar-refractivity contribution in [2.75, 3.05) is 22.2 Å². The number of anilines is 3. The number of hydrazone groups is 1. The molecule has 0 atom stereocenters. The van der Waals surface area contributed by atoms with Crippen LogP contribution in [0.3, 0.4) is 0 Å². The van der Waals surface area contributed by atoms with Crippen LogP contribution in [0.2, 0.25) is 0 Å².